The summed E-state index contributed by atoms with van der Waals surface area (Å²) in [5.41, 5.74) is 2.04. The maximum absolute atomic E-state index is 10.7. The monoisotopic (exact) mass is 236 g/mol. The van der Waals surface area contributed by atoms with Crippen LogP contribution in [0.2, 0.25) is 0 Å². The molecule has 0 saturated heterocycles. The van der Waals surface area contributed by atoms with Crippen LogP contribution in [0.3, 0.4) is 0 Å². The molecule has 0 aliphatic carbocycles. The van der Waals surface area contributed by atoms with Crippen LogP contribution in [0.5, 0.6) is 5.75 Å². The average molecular weight is 236 g/mol. The van der Waals surface area contributed by atoms with E-state index in [9.17, 15) is 9.90 Å². The number of aromatic hydroxyl groups is 1. The third-order valence-electron chi connectivity index (χ3n) is 2.27. The minimum absolute atomic E-state index is 0.145. The molecule has 2 heteroatoms. The van der Waals surface area contributed by atoms with E-state index in [1.165, 1.54) is 6.42 Å². The number of carbonyl (C=O) groups excluding carboxylic acids is 1. The SMILES string of the molecule is CCC.Cc1cc(C=O)cc(C(C)(C)C)c1O. The second kappa shape index (κ2) is 6.43. The van der Waals surface area contributed by atoms with E-state index in [0.717, 1.165) is 17.4 Å². The van der Waals surface area contributed by atoms with Gasteiger partial charge in [0.05, 0.1) is 0 Å². The molecule has 0 heterocycles. The Balaban J connectivity index is 0.000000770. The fraction of sp³-hybridized carbons (Fsp3) is 0.533. The number of carbonyl (C=O) groups is 1. The summed E-state index contributed by atoms with van der Waals surface area (Å²) < 4.78 is 0. The van der Waals surface area contributed by atoms with Gasteiger partial charge in [-0.25, -0.2) is 0 Å². The minimum Gasteiger partial charge on any atom is -0.507 e. The largest absolute Gasteiger partial charge is 0.507 e. The molecule has 17 heavy (non-hydrogen) atoms. The topological polar surface area (TPSA) is 37.3 Å². The standard InChI is InChI=1S/C12H16O2.C3H8/c1-8-5-9(7-13)6-10(11(8)14)12(2,3)4;1-3-2/h5-7,14H,1-4H3;3H2,1-2H3. The Morgan fingerprint density at radius 2 is 1.71 bits per heavy atom. The maximum atomic E-state index is 10.7. The predicted molar refractivity (Wildman–Crippen MR) is 72.9 cm³/mol. The zero-order chi connectivity index (χ0) is 13.6. The van der Waals surface area contributed by atoms with Gasteiger partial charge in [-0.3, -0.25) is 4.79 Å². The molecule has 1 N–H and O–H groups in total. The third kappa shape index (κ3) is 4.59. The Hall–Kier alpha value is -1.31. The number of benzene rings is 1. The molecule has 0 radical (unpaired) electrons. The molecule has 0 aliphatic heterocycles. The highest BCUT2D eigenvalue weighted by molar-refractivity contribution is 5.76. The molecule has 0 bridgehead atoms. The first-order valence-electron chi connectivity index (χ1n) is 6.07. The number of aldehydes is 1. The average Bonchev–Trinajstić information content (AvgIpc) is 2.21. The molecule has 1 aromatic carbocycles. The van der Waals surface area contributed by atoms with E-state index in [2.05, 4.69) is 13.8 Å². The van der Waals surface area contributed by atoms with Crippen molar-refractivity contribution in [1.29, 1.82) is 0 Å². The van der Waals surface area contributed by atoms with Gasteiger partial charge in [-0.05, 0) is 30.0 Å². The highest BCUT2D eigenvalue weighted by Crippen LogP contribution is 2.33. The Kier molecular flexibility index (Phi) is 5.94. The van der Waals surface area contributed by atoms with Gasteiger partial charge in [-0.1, -0.05) is 41.0 Å². The predicted octanol–water partition coefficient (Wildman–Crippen LogP) is 4.23. The molecular weight excluding hydrogens is 212 g/mol. The van der Waals surface area contributed by atoms with Crippen LogP contribution in [0.25, 0.3) is 0 Å². The van der Waals surface area contributed by atoms with Crippen molar-refractivity contribution >= 4 is 6.29 Å². The fourth-order valence-corrected chi connectivity index (χ4v) is 1.45. The van der Waals surface area contributed by atoms with Crippen molar-refractivity contribution in [3.63, 3.8) is 0 Å². The van der Waals surface area contributed by atoms with Gasteiger partial charge in [0.15, 0.2) is 0 Å². The summed E-state index contributed by atoms with van der Waals surface area (Å²) in [5, 5.41) is 9.84. The summed E-state index contributed by atoms with van der Waals surface area (Å²) >= 11 is 0. The lowest BCUT2D eigenvalue weighted by molar-refractivity contribution is 0.112. The molecule has 0 saturated carbocycles. The maximum Gasteiger partial charge on any atom is 0.150 e. The highest BCUT2D eigenvalue weighted by atomic mass is 16.3. The van der Waals surface area contributed by atoms with Crippen molar-refractivity contribution < 1.29 is 9.90 Å². The second-order valence-corrected chi connectivity index (χ2v) is 5.31. The Labute approximate surface area is 105 Å². The summed E-state index contributed by atoms with van der Waals surface area (Å²) in [7, 11) is 0. The number of hydrogen-bond donors (Lipinski definition) is 1. The molecule has 0 aromatic heterocycles. The Bertz CT molecular complexity index is 373. The van der Waals surface area contributed by atoms with Crippen molar-refractivity contribution in [1.82, 2.24) is 0 Å². The lowest BCUT2D eigenvalue weighted by Crippen LogP contribution is -2.12. The summed E-state index contributed by atoms with van der Waals surface area (Å²) in [5.74, 6) is 0.295. The van der Waals surface area contributed by atoms with E-state index in [0.29, 0.717) is 11.3 Å². The number of aryl methyl sites for hydroxylation is 1. The van der Waals surface area contributed by atoms with Crippen molar-refractivity contribution in [2.45, 2.75) is 53.4 Å². The normalized spacial score (nSPS) is 10.5. The summed E-state index contributed by atoms with van der Waals surface area (Å²) in [6.45, 7) is 12.1. The molecule has 0 aliphatic rings. The van der Waals surface area contributed by atoms with E-state index in [4.69, 9.17) is 0 Å². The van der Waals surface area contributed by atoms with Crippen molar-refractivity contribution in [3.05, 3.63) is 28.8 Å². The van der Waals surface area contributed by atoms with Crippen LogP contribution in [0, 0.1) is 6.92 Å². The summed E-state index contributed by atoms with van der Waals surface area (Å²) in [4.78, 5) is 10.7. The van der Waals surface area contributed by atoms with Crippen LogP contribution in [0.15, 0.2) is 12.1 Å². The molecule has 0 unspecified atom stereocenters. The molecule has 0 atom stereocenters. The van der Waals surface area contributed by atoms with Crippen LogP contribution in [0.4, 0.5) is 0 Å². The van der Waals surface area contributed by atoms with Gasteiger partial charge in [0.2, 0.25) is 0 Å². The van der Waals surface area contributed by atoms with Crippen LogP contribution < -0.4 is 0 Å². The fourth-order valence-electron chi connectivity index (χ4n) is 1.45. The van der Waals surface area contributed by atoms with E-state index in [1.807, 2.05) is 20.8 Å². The van der Waals surface area contributed by atoms with Crippen molar-refractivity contribution in [2.75, 3.05) is 0 Å². The summed E-state index contributed by atoms with van der Waals surface area (Å²) in [6, 6.07) is 3.44. The Morgan fingerprint density at radius 3 is 2.06 bits per heavy atom. The van der Waals surface area contributed by atoms with Gasteiger partial charge >= 0.3 is 0 Å². The first kappa shape index (κ1) is 15.7. The van der Waals surface area contributed by atoms with Gasteiger partial charge in [0, 0.05) is 11.1 Å². The molecule has 0 spiro atoms. The molecule has 0 amide bonds. The molecule has 96 valence electrons. The van der Waals surface area contributed by atoms with Crippen LogP contribution >= 0.6 is 0 Å². The number of phenols is 1. The van der Waals surface area contributed by atoms with Gasteiger partial charge in [-0.2, -0.15) is 0 Å². The molecule has 1 aromatic rings. The third-order valence-corrected chi connectivity index (χ3v) is 2.27. The first-order valence-corrected chi connectivity index (χ1v) is 6.07. The quantitative estimate of drug-likeness (QED) is 0.741. The lowest BCUT2D eigenvalue weighted by Gasteiger charge is -2.21. The summed E-state index contributed by atoms with van der Waals surface area (Å²) in [6.07, 6.45) is 2.06. The zero-order valence-electron chi connectivity index (χ0n) is 11.8. The molecule has 2 nitrogen and oxygen atoms in total. The smallest absolute Gasteiger partial charge is 0.150 e. The first-order chi connectivity index (χ1) is 7.77. The van der Waals surface area contributed by atoms with Gasteiger partial charge in [-0.15, -0.1) is 0 Å². The van der Waals surface area contributed by atoms with Crippen LogP contribution in [0.1, 0.15) is 62.5 Å². The number of rotatable bonds is 1. The highest BCUT2D eigenvalue weighted by Gasteiger charge is 2.19. The molecule has 0 fully saturated rings. The van der Waals surface area contributed by atoms with Gasteiger partial charge in [0.1, 0.15) is 12.0 Å². The number of hydrogen-bond acceptors (Lipinski definition) is 2. The second-order valence-electron chi connectivity index (χ2n) is 5.31. The number of phenolic OH excluding ortho intramolecular Hbond substituents is 1. The van der Waals surface area contributed by atoms with Crippen molar-refractivity contribution in [2.24, 2.45) is 0 Å². The van der Waals surface area contributed by atoms with E-state index in [1.54, 1.807) is 19.1 Å². The molecular formula is C15H24O2. The van der Waals surface area contributed by atoms with E-state index >= 15 is 0 Å². The van der Waals surface area contributed by atoms with Crippen molar-refractivity contribution in [3.8, 4) is 5.75 Å². The van der Waals surface area contributed by atoms with E-state index < -0.39 is 0 Å². The van der Waals surface area contributed by atoms with Gasteiger partial charge < -0.3 is 5.11 Å². The van der Waals surface area contributed by atoms with Crippen LogP contribution in [-0.4, -0.2) is 11.4 Å². The Morgan fingerprint density at radius 1 is 1.24 bits per heavy atom. The van der Waals surface area contributed by atoms with Gasteiger partial charge in [0.25, 0.3) is 0 Å². The van der Waals surface area contributed by atoms with E-state index in [-0.39, 0.29) is 5.41 Å². The lowest BCUT2D eigenvalue weighted by atomic mass is 9.84. The molecule has 1 rings (SSSR count). The zero-order valence-corrected chi connectivity index (χ0v) is 11.8. The minimum atomic E-state index is -0.145. The van der Waals surface area contributed by atoms with Crippen LogP contribution in [-0.2, 0) is 5.41 Å².